The summed E-state index contributed by atoms with van der Waals surface area (Å²) < 4.78 is 0. The van der Waals surface area contributed by atoms with Crippen LogP contribution in [0.1, 0.15) is 0 Å². The molecule has 0 saturated carbocycles. The summed E-state index contributed by atoms with van der Waals surface area (Å²) in [5.41, 5.74) is 0. The molecule has 19 heteroatoms. The Bertz CT molecular complexity index is 72.7. The molecule has 0 rings (SSSR count). The van der Waals surface area contributed by atoms with Gasteiger partial charge in [-0.05, 0) is 0 Å². The van der Waals surface area contributed by atoms with Crippen molar-refractivity contribution in [1.82, 2.24) is 0 Å². The minimum Gasteiger partial charge on any atom is -0.907 e. The van der Waals surface area contributed by atoms with E-state index in [1.54, 1.807) is 0 Å². The van der Waals surface area contributed by atoms with Crippen LogP contribution >= 0.6 is 0 Å². The van der Waals surface area contributed by atoms with E-state index in [0.717, 1.165) is 0 Å². The maximum Gasteiger partial charge on any atom is 3.00 e. The molecule has 97 valence electrons. The molecule has 0 spiro atoms. The zero-order valence-corrected chi connectivity index (χ0v) is 16.2. The van der Waals surface area contributed by atoms with E-state index in [0.29, 0.717) is 0 Å². The molecule has 12 nitrogen and oxygen atoms in total. The molecular weight excluding hydrogens is 495 g/mol. The Morgan fingerprint density at radius 2 is 0.526 bits per heavy atom. The molecule has 0 aliphatic rings. The van der Waals surface area contributed by atoms with Gasteiger partial charge in [0.2, 0.25) is 0 Å². The zero-order chi connectivity index (χ0) is 14.3. The smallest absolute Gasteiger partial charge is 0.907 e. The fourth-order valence-corrected chi connectivity index (χ4v) is 0. The molecule has 0 bridgehead atoms. The van der Waals surface area contributed by atoms with Gasteiger partial charge in [0.05, 0.1) is 0 Å². The molecular formula is H3AlB4NdO12Y. The van der Waals surface area contributed by atoms with Crippen molar-refractivity contribution in [3.63, 3.8) is 0 Å². The van der Waals surface area contributed by atoms with Crippen molar-refractivity contribution >= 4 is 46.6 Å². The van der Waals surface area contributed by atoms with Gasteiger partial charge in [-0.2, -0.15) is 0 Å². The van der Waals surface area contributed by atoms with Crippen LogP contribution in [0.4, 0.5) is 0 Å². The molecule has 0 aliphatic carbocycles. The van der Waals surface area contributed by atoms with Gasteiger partial charge in [0, 0.05) is 0 Å². The maximum atomic E-state index is 8.42. The summed E-state index contributed by atoms with van der Waals surface area (Å²) in [5.74, 6) is 0. The predicted octanol–water partition coefficient (Wildman–Crippen LogP) is -14.3. The van der Waals surface area contributed by atoms with Crippen molar-refractivity contribution in [1.29, 1.82) is 0 Å². The van der Waals surface area contributed by atoms with E-state index in [4.69, 9.17) is 60.3 Å². The quantitative estimate of drug-likeness (QED) is 0.263. The van der Waals surface area contributed by atoms with E-state index in [1.165, 1.54) is 0 Å². The third-order valence-corrected chi connectivity index (χ3v) is 0. The first kappa shape index (κ1) is 43.0. The fourth-order valence-electron chi connectivity index (χ4n) is 0. The Kier molecular flexibility index (Phi) is 84.3. The van der Waals surface area contributed by atoms with Gasteiger partial charge in [-0.15, -0.1) is 0 Å². The Hall–Kier alpha value is 2.77. The Morgan fingerprint density at radius 3 is 0.526 bits per heavy atom. The average molecular weight is 498 g/mol. The van der Waals surface area contributed by atoms with Crippen LogP contribution in [0.5, 0.6) is 0 Å². The van der Waals surface area contributed by atoms with Gasteiger partial charge in [0.1, 0.15) is 0 Å². The molecule has 3 N–H and O–H groups in total. The van der Waals surface area contributed by atoms with Crippen LogP contribution in [-0.4, -0.2) is 61.7 Å². The van der Waals surface area contributed by atoms with Gasteiger partial charge in [0.25, 0.3) is 0 Å². The monoisotopic (exact) mass is 497 g/mol. The van der Waals surface area contributed by atoms with E-state index >= 15 is 0 Å². The molecule has 0 amide bonds. The number of rotatable bonds is 0. The molecule has 0 saturated heterocycles. The summed E-state index contributed by atoms with van der Waals surface area (Å²) >= 11 is 0. The SMILES string of the molecule is OB(O)O.[Al+3].[Nd+3].[O-]B([O-])[O-].[O-]B([O-])[O-].[O-]B([O-])[O-].[Y+3]. The molecule has 0 fully saturated rings. The molecule has 0 heterocycles. The summed E-state index contributed by atoms with van der Waals surface area (Å²) in [6.45, 7) is 0. The van der Waals surface area contributed by atoms with Gasteiger partial charge in [-0.3, -0.25) is 22.0 Å². The third kappa shape index (κ3) is 955. The summed E-state index contributed by atoms with van der Waals surface area (Å²) in [7, 11) is -10.9. The molecule has 0 atom stereocenters. The van der Waals surface area contributed by atoms with Crippen LogP contribution < -0.4 is 45.2 Å². The first-order valence-corrected chi connectivity index (χ1v) is 2.90. The fraction of sp³-hybridized carbons (Fsp3) is 0. The minimum absolute atomic E-state index is 0. The maximum absolute atomic E-state index is 8.42. The van der Waals surface area contributed by atoms with E-state index in [2.05, 4.69) is 0 Å². The molecule has 0 aromatic carbocycles. The normalized spacial score (nSPS) is 5.68. The Morgan fingerprint density at radius 1 is 0.526 bits per heavy atom. The first-order chi connectivity index (χ1) is 6.93. The van der Waals surface area contributed by atoms with Crippen LogP contribution in [0.15, 0.2) is 0 Å². The van der Waals surface area contributed by atoms with Crippen molar-refractivity contribution < 1.29 is 134 Å². The second-order valence-corrected chi connectivity index (χ2v) is 1.21. The summed E-state index contributed by atoms with van der Waals surface area (Å²) in [6, 6.07) is 0. The predicted molar refractivity (Wildman–Crippen MR) is 35.4 cm³/mol. The molecule has 0 aromatic rings. The average Bonchev–Trinajstić information content (AvgIpc) is 1.76. The van der Waals surface area contributed by atoms with Crippen LogP contribution in [0, 0.1) is 40.8 Å². The van der Waals surface area contributed by atoms with Gasteiger partial charge >= 0.3 is 98.2 Å². The zero-order valence-electron chi connectivity index (χ0n) is 8.98. The van der Waals surface area contributed by atoms with Crippen molar-refractivity contribution in [2.24, 2.45) is 0 Å². The first-order valence-electron chi connectivity index (χ1n) is 2.90. The van der Waals surface area contributed by atoms with Gasteiger partial charge in [0.15, 0.2) is 0 Å². The molecule has 0 aliphatic heterocycles. The molecule has 0 unspecified atom stereocenters. The van der Waals surface area contributed by atoms with Crippen LogP contribution in [0.2, 0.25) is 0 Å². The second kappa shape index (κ2) is 37.2. The van der Waals surface area contributed by atoms with Crippen LogP contribution in [0.3, 0.4) is 0 Å². The summed E-state index contributed by atoms with van der Waals surface area (Å²) in [6.07, 6.45) is 0. The number of hydrogen-bond acceptors (Lipinski definition) is 12. The number of hydrogen-bond donors (Lipinski definition) is 3. The Labute approximate surface area is 178 Å². The summed E-state index contributed by atoms with van der Waals surface area (Å²) in [5, 5.41) is 97.2. The van der Waals surface area contributed by atoms with Gasteiger partial charge < -0.3 is 60.3 Å². The van der Waals surface area contributed by atoms with E-state index in [1.807, 2.05) is 0 Å². The third-order valence-electron chi connectivity index (χ3n) is 0. The van der Waals surface area contributed by atoms with Crippen molar-refractivity contribution in [2.45, 2.75) is 0 Å². The summed E-state index contributed by atoms with van der Waals surface area (Å²) in [4.78, 5) is 0. The topological polar surface area (TPSA) is 268 Å². The van der Waals surface area contributed by atoms with Crippen LogP contribution in [-0.2, 0) is 32.7 Å². The van der Waals surface area contributed by atoms with E-state index < -0.39 is 29.3 Å². The minimum atomic E-state index is -2.92. The van der Waals surface area contributed by atoms with Crippen molar-refractivity contribution in [2.75, 3.05) is 0 Å². The molecule has 0 aromatic heterocycles. The molecule has 1 radical (unpaired) electrons. The van der Waals surface area contributed by atoms with E-state index in [9.17, 15) is 0 Å². The van der Waals surface area contributed by atoms with E-state index in [-0.39, 0.29) is 90.9 Å². The van der Waals surface area contributed by atoms with Gasteiger partial charge in [-0.25, -0.2) is 0 Å². The standard InChI is InChI=1S/Al.BH3O3.3BO3.Nd.Y/c;4*2-1(3)4;;/h;2-4H;;;;;/q+3;;3*-3;2*+3. The largest absolute Gasteiger partial charge is 3.00 e. The van der Waals surface area contributed by atoms with Crippen LogP contribution in [0.25, 0.3) is 0 Å². The van der Waals surface area contributed by atoms with Crippen molar-refractivity contribution in [3.05, 3.63) is 0 Å². The molecule has 19 heavy (non-hydrogen) atoms. The van der Waals surface area contributed by atoms with Gasteiger partial charge in [-0.1, -0.05) is 0 Å². The van der Waals surface area contributed by atoms with Crippen molar-refractivity contribution in [3.8, 4) is 0 Å². The Balaban J connectivity index is -0.0000000192. The second-order valence-electron chi connectivity index (χ2n) is 1.21.